The van der Waals surface area contributed by atoms with Gasteiger partial charge < -0.3 is 5.73 Å². The number of rotatable bonds is 1. The molecule has 0 radical (unpaired) electrons. The molecule has 24 heavy (non-hydrogen) atoms. The highest BCUT2D eigenvalue weighted by Crippen LogP contribution is 2.52. The van der Waals surface area contributed by atoms with Crippen molar-refractivity contribution in [1.82, 2.24) is 9.55 Å². The SMILES string of the molecule is C[C@@H](N)c1cc(Cl)cc2c(=O)n3c(nc12)[C@@]1(CC3)CCC(F)(F)C1. The van der Waals surface area contributed by atoms with Crippen molar-refractivity contribution < 1.29 is 8.78 Å². The summed E-state index contributed by atoms with van der Waals surface area (Å²) >= 11 is 6.12. The zero-order valence-corrected chi connectivity index (χ0v) is 14.0. The summed E-state index contributed by atoms with van der Waals surface area (Å²) in [7, 11) is 0. The van der Waals surface area contributed by atoms with Crippen LogP contribution in [0.4, 0.5) is 8.78 Å². The minimum absolute atomic E-state index is 0.151. The van der Waals surface area contributed by atoms with Crippen LogP contribution in [0.1, 0.15) is 50.0 Å². The van der Waals surface area contributed by atoms with E-state index in [0.29, 0.717) is 46.7 Å². The van der Waals surface area contributed by atoms with E-state index in [2.05, 4.69) is 4.98 Å². The third-order valence-corrected chi connectivity index (χ3v) is 5.62. The first kappa shape index (κ1) is 16.0. The van der Waals surface area contributed by atoms with Crippen molar-refractivity contribution in [3.05, 3.63) is 38.9 Å². The van der Waals surface area contributed by atoms with Crippen molar-refractivity contribution in [2.45, 2.75) is 56.5 Å². The molecule has 0 unspecified atom stereocenters. The zero-order chi connectivity index (χ0) is 17.3. The van der Waals surface area contributed by atoms with E-state index in [1.54, 1.807) is 23.6 Å². The molecule has 0 saturated heterocycles. The maximum atomic E-state index is 13.9. The van der Waals surface area contributed by atoms with Crippen molar-refractivity contribution in [2.24, 2.45) is 5.73 Å². The minimum Gasteiger partial charge on any atom is -0.324 e. The molecular weight excluding hydrogens is 336 g/mol. The lowest BCUT2D eigenvalue weighted by Gasteiger charge is -2.23. The van der Waals surface area contributed by atoms with Crippen LogP contribution in [-0.4, -0.2) is 15.5 Å². The summed E-state index contributed by atoms with van der Waals surface area (Å²) in [4.78, 5) is 17.6. The van der Waals surface area contributed by atoms with Crippen LogP contribution in [0.2, 0.25) is 5.02 Å². The van der Waals surface area contributed by atoms with Crippen molar-refractivity contribution in [3.63, 3.8) is 0 Å². The molecule has 128 valence electrons. The van der Waals surface area contributed by atoms with E-state index in [4.69, 9.17) is 17.3 Å². The molecule has 1 saturated carbocycles. The summed E-state index contributed by atoms with van der Waals surface area (Å²) in [5, 5.41) is 0.828. The van der Waals surface area contributed by atoms with Gasteiger partial charge in [0.1, 0.15) is 5.82 Å². The summed E-state index contributed by atoms with van der Waals surface area (Å²) < 4.78 is 29.3. The molecule has 1 aromatic heterocycles. The molecule has 1 spiro atoms. The van der Waals surface area contributed by atoms with Crippen LogP contribution >= 0.6 is 11.6 Å². The lowest BCUT2D eigenvalue weighted by atomic mass is 9.84. The van der Waals surface area contributed by atoms with Crippen LogP contribution in [0, 0.1) is 0 Å². The van der Waals surface area contributed by atoms with Gasteiger partial charge in [-0.25, -0.2) is 13.8 Å². The number of nitrogens with zero attached hydrogens (tertiary/aromatic N) is 2. The Labute approximate surface area is 142 Å². The van der Waals surface area contributed by atoms with Crippen LogP contribution in [0.3, 0.4) is 0 Å². The molecule has 0 amide bonds. The van der Waals surface area contributed by atoms with Gasteiger partial charge in [-0.2, -0.15) is 0 Å². The minimum atomic E-state index is -2.69. The van der Waals surface area contributed by atoms with E-state index < -0.39 is 11.3 Å². The van der Waals surface area contributed by atoms with Crippen LogP contribution in [0.25, 0.3) is 10.9 Å². The summed E-state index contributed by atoms with van der Waals surface area (Å²) in [5.41, 5.74) is 6.24. The molecule has 1 aromatic carbocycles. The van der Waals surface area contributed by atoms with Crippen LogP contribution < -0.4 is 11.3 Å². The smallest absolute Gasteiger partial charge is 0.261 e. The Morgan fingerprint density at radius 2 is 2.08 bits per heavy atom. The van der Waals surface area contributed by atoms with E-state index in [0.717, 1.165) is 0 Å². The largest absolute Gasteiger partial charge is 0.324 e. The summed E-state index contributed by atoms with van der Waals surface area (Å²) in [6.45, 7) is 2.21. The predicted molar refractivity (Wildman–Crippen MR) is 88.7 cm³/mol. The Kier molecular flexibility index (Phi) is 3.32. The number of fused-ring (bicyclic) bond motifs is 3. The molecule has 0 bridgehead atoms. The van der Waals surface area contributed by atoms with Crippen LogP contribution in [0.5, 0.6) is 0 Å². The highest BCUT2D eigenvalue weighted by Gasteiger charge is 2.54. The molecule has 1 aliphatic carbocycles. The van der Waals surface area contributed by atoms with Crippen molar-refractivity contribution in [1.29, 1.82) is 0 Å². The number of halogens is 3. The molecule has 1 aliphatic heterocycles. The molecule has 1 fully saturated rings. The van der Waals surface area contributed by atoms with E-state index >= 15 is 0 Å². The molecular formula is C17H18ClF2N3O. The van der Waals surface area contributed by atoms with E-state index in [-0.39, 0.29) is 24.4 Å². The predicted octanol–water partition coefficient (Wildman–Crippen LogP) is 3.53. The Hall–Kier alpha value is -1.53. The number of hydrogen-bond acceptors (Lipinski definition) is 3. The summed E-state index contributed by atoms with van der Waals surface area (Å²) in [5.74, 6) is -2.20. The van der Waals surface area contributed by atoms with Gasteiger partial charge in [0, 0.05) is 35.9 Å². The van der Waals surface area contributed by atoms with E-state index in [9.17, 15) is 13.6 Å². The zero-order valence-electron chi connectivity index (χ0n) is 13.3. The van der Waals surface area contributed by atoms with Crippen molar-refractivity contribution in [2.75, 3.05) is 0 Å². The number of nitrogens with two attached hydrogens (primary N) is 1. The van der Waals surface area contributed by atoms with Gasteiger partial charge >= 0.3 is 0 Å². The normalized spacial score (nSPS) is 26.2. The summed E-state index contributed by atoms with van der Waals surface area (Å²) in [6, 6.07) is 2.92. The van der Waals surface area contributed by atoms with Gasteiger partial charge in [0.25, 0.3) is 5.56 Å². The van der Waals surface area contributed by atoms with Gasteiger partial charge in [0.05, 0.1) is 10.9 Å². The third-order valence-electron chi connectivity index (χ3n) is 5.40. The van der Waals surface area contributed by atoms with Gasteiger partial charge in [-0.3, -0.25) is 9.36 Å². The van der Waals surface area contributed by atoms with Gasteiger partial charge in [0.2, 0.25) is 5.92 Å². The number of aromatic nitrogens is 2. The van der Waals surface area contributed by atoms with E-state index in [1.165, 1.54) is 0 Å². The Morgan fingerprint density at radius 3 is 2.71 bits per heavy atom. The lowest BCUT2D eigenvalue weighted by Crippen LogP contribution is -2.28. The molecule has 2 heterocycles. The molecule has 2 aromatic rings. The first-order valence-electron chi connectivity index (χ1n) is 8.10. The highest BCUT2D eigenvalue weighted by molar-refractivity contribution is 6.31. The Bertz CT molecular complexity index is 909. The molecule has 7 heteroatoms. The van der Waals surface area contributed by atoms with Gasteiger partial charge in [-0.15, -0.1) is 0 Å². The fourth-order valence-electron chi connectivity index (χ4n) is 4.21. The van der Waals surface area contributed by atoms with E-state index in [1.807, 2.05) is 0 Å². The number of alkyl halides is 2. The number of benzene rings is 1. The first-order valence-corrected chi connectivity index (χ1v) is 8.48. The maximum absolute atomic E-state index is 13.9. The lowest BCUT2D eigenvalue weighted by molar-refractivity contribution is 0.00242. The average molecular weight is 354 g/mol. The second kappa shape index (κ2) is 4.99. The second-order valence-electron chi connectivity index (χ2n) is 7.14. The molecule has 4 rings (SSSR count). The summed E-state index contributed by atoms with van der Waals surface area (Å²) in [6.07, 6.45) is 0.502. The average Bonchev–Trinajstić information content (AvgIpc) is 3.00. The highest BCUT2D eigenvalue weighted by atomic mass is 35.5. The fourth-order valence-corrected chi connectivity index (χ4v) is 4.44. The second-order valence-corrected chi connectivity index (χ2v) is 7.57. The van der Waals surface area contributed by atoms with Gasteiger partial charge in [-0.1, -0.05) is 11.6 Å². The Balaban J connectivity index is 2.01. The Morgan fingerprint density at radius 1 is 1.33 bits per heavy atom. The van der Waals surface area contributed by atoms with Crippen molar-refractivity contribution >= 4 is 22.5 Å². The molecule has 2 aliphatic rings. The molecule has 2 atom stereocenters. The third kappa shape index (κ3) is 2.19. The first-order chi connectivity index (χ1) is 11.2. The van der Waals surface area contributed by atoms with Crippen molar-refractivity contribution in [3.8, 4) is 0 Å². The number of hydrogen-bond donors (Lipinski definition) is 1. The van der Waals surface area contributed by atoms with Crippen LogP contribution in [0.15, 0.2) is 16.9 Å². The maximum Gasteiger partial charge on any atom is 0.261 e. The monoisotopic (exact) mass is 353 g/mol. The topological polar surface area (TPSA) is 60.9 Å². The fraction of sp³-hybridized carbons (Fsp3) is 0.529. The molecule has 4 nitrogen and oxygen atoms in total. The van der Waals surface area contributed by atoms with Crippen LogP contribution in [-0.2, 0) is 12.0 Å². The molecule has 2 N–H and O–H groups in total. The standard InChI is InChI=1S/C17H18ClF2N3O/c1-9(21)11-6-10(18)7-12-13(11)22-15-16(2-3-17(19,20)8-16)4-5-23(15)14(12)24/h6-7,9H,2-5,8,21H2,1H3/t9-,16-/m1/s1. The van der Waals surface area contributed by atoms with Gasteiger partial charge in [0.15, 0.2) is 0 Å². The van der Waals surface area contributed by atoms with Gasteiger partial charge in [-0.05, 0) is 37.5 Å². The quantitative estimate of drug-likeness (QED) is 0.853.